The largest absolute Gasteiger partial charge is 0.340 e. The molecule has 3 saturated heterocycles. The lowest BCUT2D eigenvalue weighted by Gasteiger charge is -2.33. The van der Waals surface area contributed by atoms with Gasteiger partial charge < -0.3 is 15.5 Å². The number of piperidine rings is 2. The molecule has 0 aromatic carbocycles. The van der Waals surface area contributed by atoms with Gasteiger partial charge in [-0.3, -0.25) is 0 Å². The Bertz CT molecular complexity index is 755. The molecule has 1 atom stereocenters. The van der Waals surface area contributed by atoms with E-state index in [1.165, 1.54) is 31.7 Å². The van der Waals surface area contributed by atoms with Gasteiger partial charge in [0.25, 0.3) is 0 Å². The normalized spacial score (nSPS) is 26.3. The fraction of sp³-hybridized carbons (Fsp3) is 0.778. The molecule has 0 aliphatic carbocycles. The summed E-state index contributed by atoms with van der Waals surface area (Å²) in [5.41, 5.74) is 1.08. The summed E-state index contributed by atoms with van der Waals surface area (Å²) in [6.45, 7) is 5.89. The Morgan fingerprint density at radius 2 is 2.00 bits per heavy atom. The number of nitrogens with zero attached hydrogens (tertiary/aromatic N) is 3. The molecule has 0 amide bonds. The lowest BCUT2D eigenvalue weighted by Crippen LogP contribution is -2.39. The maximum absolute atomic E-state index is 12.3. The van der Waals surface area contributed by atoms with Gasteiger partial charge in [0.05, 0.1) is 11.9 Å². The van der Waals surface area contributed by atoms with E-state index in [9.17, 15) is 8.42 Å². The highest BCUT2D eigenvalue weighted by atomic mass is 32.2. The summed E-state index contributed by atoms with van der Waals surface area (Å²) in [6, 6.07) is 0. The van der Waals surface area contributed by atoms with Crippen molar-refractivity contribution >= 4 is 15.8 Å². The molecule has 7 nitrogen and oxygen atoms in total. The molecule has 3 aliphatic rings. The summed E-state index contributed by atoms with van der Waals surface area (Å²) >= 11 is 0. The van der Waals surface area contributed by atoms with Crippen molar-refractivity contribution in [3.8, 4) is 0 Å². The van der Waals surface area contributed by atoms with E-state index in [1.54, 1.807) is 0 Å². The van der Waals surface area contributed by atoms with E-state index >= 15 is 0 Å². The Hall–Kier alpha value is -1.25. The predicted molar refractivity (Wildman–Crippen MR) is 101 cm³/mol. The van der Waals surface area contributed by atoms with E-state index in [-0.39, 0.29) is 5.92 Å². The number of nitrogens with one attached hydrogen (secondary N) is 2. The summed E-state index contributed by atoms with van der Waals surface area (Å²) in [7, 11) is -3.33. The van der Waals surface area contributed by atoms with Crippen molar-refractivity contribution in [1.29, 1.82) is 0 Å². The lowest BCUT2D eigenvalue weighted by molar-refractivity contribution is 0.232. The average Bonchev–Trinajstić information content (AvgIpc) is 3.05. The average molecular weight is 380 g/mol. The molecule has 0 unspecified atom stereocenters. The molecule has 8 heteroatoms. The summed E-state index contributed by atoms with van der Waals surface area (Å²) in [5.74, 6) is 0.846. The first-order chi connectivity index (χ1) is 12.5. The SMILES string of the molecule is CS(=O)(=O)c1cnc(N2CCC3(CCNCC3)C2)nc1[C@H]1CCCNC1. The second kappa shape index (κ2) is 7.05. The quantitative estimate of drug-likeness (QED) is 0.808. The van der Waals surface area contributed by atoms with Crippen LogP contribution in [-0.2, 0) is 9.84 Å². The molecule has 3 aliphatic heterocycles. The van der Waals surface area contributed by atoms with Crippen molar-refractivity contribution in [3.05, 3.63) is 11.9 Å². The monoisotopic (exact) mass is 379 g/mol. The Morgan fingerprint density at radius 3 is 2.69 bits per heavy atom. The number of aromatic nitrogens is 2. The third-order valence-corrected chi connectivity index (χ3v) is 7.35. The molecule has 26 heavy (non-hydrogen) atoms. The molecule has 2 N–H and O–H groups in total. The van der Waals surface area contributed by atoms with E-state index < -0.39 is 9.84 Å². The molecule has 1 aromatic rings. The van der Waals surface area contributed by atoms with E-state index in [0.29, 0.717) is 22.0 Å². The van der Waals surface area contributed by atoms with Gasteiger partial charge in [0.15, 0.2) is 9.84 Å². The van der Waals surface area contributed by atoms with Crippen LogP contribution in [0.4, 0.5) is 5.95 Å². The smallest absolute Gasteiger partial charge is 0.225 e. The first-order valence-corrected chi connectivity index (χ1v) is 11.6. The van der Waals surface area contributed by atoms with Crippen LogP contribution in [0.2, 0.25) is 0 Å². The Morgan fingerprint density at radius 1 is 1.19 bits per heavy atom. The standard InChI is InChI=1S/C18H29N5O2S/c1-26(24,25)15-12-21-17(22-16(15)14-3-2-7-20-11-14)23-10-6-18(13-23)4-8-19-9-5-18/h12,14,19-20H,2-11,13H2,1H3/t14-/m0/s1. The summed E-state index contributed by atoms with van der Waals surface area (Å²) < 4.78 is 24.5. The van der Waals surface area contributed by atoms with Gasteiger partial charge in [-0.2, -0.15) is 0 Å². The van der Waals surface area contributed by atoms with E-state index in [2.05, 4.69) is 20.5 Å². The molecule has 4 heterocycles. The van der Waals surface area contributed by atoms with Gasteiger partial charge in [-0.05, 0) is 57.2 Å². The van der Waals surface area contributed by atoms with Crippen molar-refractivity contribution in [3.63, 3.8) is 0 Å². The molecule has 0 radical (unpaired) electrons. The number of hydrogen-bond donors (Lipinski definition) is 2. The number of rotatable bonds is 3. The van der Waals surface area contributed by atoms with Crippen LogP contribution in [0.5, 0.6) is 0 Å². The third kappa shape index (κ3) is 3.59. The van der Waals surface area contributed by atoms with E-state index in [0.717, 1.165) is 52.1 Å². The maximum atomic E-state index is 12.3. The zero-order valence-corrected chi connectivity index (χ0v) is 16.3. The summed E-state index contributed by atoms with van der Waals surface area (Å²) in [6.07, 6.45) is 8.38. The van der Waals surface area contributed by atoms with Gasteiger partial charge in [-0.1, -0.05) is 0 Å². The maximum Gasteiger partial charge on any atom is 0.225 e. The van der Waals surface area contributed by atoms with E-state index in [1.807, 2.05) is 0 Å². The van der Waals surface area contributed by atoms with Gasteiger partial charge in [0, 0.05) is 31.8 Å². The van der Waals surface area contributed by atoms with Gasteiger partial charge in [0.1, 0.15) is 4.90 Å². The first kappa shape index (κ1) is 18.1. The van der Waals surface area contributed by atoms with Crippen molar-refractivity contribution < 1.29 is 8.42 Å². The predicted octanol–water partition coefficient (Wildman–Crippen LogP) is 0.927. The molecule has 1 aromatic heterocycles. The highest BCUT2D eigenvalue weighted by Crippen LogP contribution is 2.40. The summed E-state index contributed by atoms with van der Waals surface area (Å²) in [4.78, 5) is 11.8. The van der Waals surface area contributed by atoms with Gasteiger partial charge in [-0.25, -0.2) is 18.4 Å². The molecule has 4 rings (SSSR count). The zero-order valence-electron chi connectivity index (χ0n) is 15.5. The number of hydrogen-bond acceptors (Lipinski definition) is 7. The van der Waals surface area contributed by atoms with Crippen LogP contribution in [0.15, 0.2) is 11.1 Å². The van der Waals surface area contributed by atoms with Gasteiger partial charge >= 0.3 is 0 Å². The first-order valence-electron chi connectivity index (χ1n) is 9.70. The minimum absolute atomic E-state index is 0.144. The Kier molecular flexibility index (Phi) is 4.92. The lowest BCUT2D eigenvalue weighted by atomic mass is 9.78. The molecular formula is C18H29N5O2S. The Balaban J connectivity index is 1.63. The van der Waals surface area contributed by atoms with Crippen LogP contribution in [0.1, 0.15) is 43.7 Å². The number of anilines is 1. The van der Waals surface area contributed by atoms with Crippen molar-refractivity contribution in [2.45, 2.75) is 42.9 Å². The molecular weight excluding hydrogens is 350 g/mol. The zero-order chi connectivity index (χ0) is 18.2. The number of sulfone groups is 1. The van der Waals surface area contributed by atoms with Crippen LogP contribution >= 0.6 is 0 Å². The molecule has 3 fully saturated rings. The van der Waals surface area contributed by atoms with Crippen LogP contribution < -0.4 is 15.5 Å². The summed E-state index contributed by atoms with van der Waals surface area (Å²) in [5, 5.41) is 6.82. The molecule has 0 bridgehead atoms. The van der Waals surface area contributed by atoms with Gasteiger partial charge in [0.2, 0.25) is 5.95 Å². The fourth-order valence-corrected chi connectivity index (χ4v) is 5.50. The second-order valence-corrected chi connectivity index (χ2v) is 10.1. The highest BCUT2D eigenvalue weighted by Gasteiger charge is 2.40. The van der Waals surface area contributed by atoms with Crippen molar-refractivity contribution in [2.75, 3.05) is 50.4 Å². The second-order valence-electron chi connectivity index (χ2n) is 8.16. The molecule has 1 spiro atoms. The molecule has 0 saturated carbocycles. The van der Waals surface area contributed by atoms with Crippen molar-refractivity contribution in [1.82, 2.24) is 20.6 Å². The highest BCUT2D eigenvalue weighted by molar-refractivity contribution is 7.90. The van der Waals surface area contributed by atoms with Gasteiger partial charge in [-0.15, -0.1) is 0 Å². The third-order valence-electron chi connectivity index (χ3n) is 6.24. The van der Waals surface area contributed by atoms with E-state index in [4.69, 9.17) is 4.98 Å². The Labute approximate surface area is 155 Å². The van der Waals surface area contributed by atoms with Crippen LogP contribution in [-0.4, -0.2) is 63.9 Å². The van der Waals surface area contributed by atoms with Crippen LogP contribution in [0, 0.1) is 5.41 Å². The topological polar surface area (TPSA) is 87.2 Å². The fourth-order valence-electron chi connectivity index (χ4n) is 4.66. The van der Waals surface area contributed by atoms with Crippen LogP contribution in [0.25, 0.3) is 0 Å². The van der Waals surface area contributed by atoms with Crippen LogP contribution in [0.3, 0.4) is 0 Å². The molecule has 144 valence electrons. The minimum Gasteiger partial charge on any atom is -0.340 e. The minimum atomic E-state index is -3.33. The van der Waals surface area contributed by atoms with Crippen molar-refractivity contribution in [2.24, 2.45) is 5.41 Å².